The summed E-state index contributed by atoms with van der Waals surface area (Å²) in [5.41, 5.74) is 1.00. The Morgan fingerprint density at radius 2 is 2.21 bits per heavy atom. The van der Waals surface area contributed by atoms with Gasteiger partial charge in [0.15, 0.2) is 11.5 Å². The van der Waals surface area contributed by atoms with Crippen molar-refractivity contribution in [1.82, 2.24) is 4.90 Å². The summed E-state index contributed by atoms with van der Waals surface area (Å²) in [5, 5.41) is 9.20. The fraction of sp³-hybridized carbons (Fsp3) is 0.500. The molecule has 5 heteroatoms. The van der Waals surface area contributed by atoms with E-state index in [9.17, 15) is 9.90 Å². The Labute approximate surface area is 111 Å². The van der Waals surface area contributed by atoms with Crippen molar-refractivity contribution in [3.8, 4) is 11.5 Å². The summed E-state index contributed by atoms with van der Waals surface area (Å²) in [4.78, 5) is 13.2. The van der Waals surface area contributed by atoms with Crippen molar-refractivity contribution in [3.63, 3.8) is 0 Å². The van der Waals surface area contributed by atoms with Crippen LogP contribution in [0.25, 0.3) is 0 Å². The van der Waals surface area contributed by atoms with Crippen molar-refractivity contribution in [2.75, 3.05) is 19.8 Å². The van der Waals surface area contributed by atoms with Gasteiger partial charge in [0.05, 0.1) is 0 Å². The summed E-state index contributed by atoms with van der Waals surface area (Å²) in [6.07, 6.45) is 1.66. The minimum atomic E-state index is -0.737. The highest BCUT2D eigenvalue weighted by molar-refractivity contribution is 5.73. The van der Waals surface area contributed by atoms with Crippen LogP contribution in [0.2, 0.25) is 0 Å². The molecule has 1 aromatic rings. The van der Waals surface area contributed by atoms with Crippen LogP contribution in [0, 0.1) is 0 Å². The number of likely N-dealkylation sites (tertiary alicyclic amines) is 1. The molecular formula is C14H17NO4. The van der Waals surface area contributed by atoms with Crippen molar-refractivity contribution < 1.29 is 19.4 Å². The number of carboxylic acid groups (broad SMARTS) is 1. The maximum Gasteiger partial charge on any atom is 0.320 e. The summed E-state index contributed by atoms with van der Waals surface area (Å²) < 4.78 is 11.2. The number of nitrogens with zero attached hydrogens (tertiary/aromatic N) is 1. The van der Waals surface area contributed by atoms with Gasteiger partial charge in [-0.3, -0.25) is 9.69 Å². The number of aliphatic carboxylic acids is 1. The monoisotopic (exact) mass is 263 g/mol. The molecule has 1 saturated heterocycles. The average Bonchev–Trinajstić information content (AvgIpc) is 2.87. The smallest absolute Gasteiger partial charge is 0.320 e. The van der Waals surface area contributed by atoms with Gasteiger partial charge in [-0.25, -0.2) is 0 Å². The first-order valence-electron chi connectivity index (χ1n) is 6.60. The number of rotatable bonds is 3. The van der Waals surface area contributed by atoms with E-state index in [1.165, 1.54) is 0 Å². The Kier molecular flexibility index (Phi) is 3.29. The number of para-hydroxylation sites is 1. The summed E-state index contributed by atoms with van der Waals surface area (Å²) in [6.45, 7) is 2.54. The highest BCUT2D eigenvalue weighted by Crippen LogP contribution is 2.35. The molecule has 1 atom stereocenters. The molecule has 2 aliphatic heterocycles. The molecule has 1 fully saturated rings. The van der Waals surface area contributed by atoms with Crippen LogP contribution in [0.15, 0.2) is 18.2 Å². The second-order valence-corrected chi connectivity index (χ2v) is 4.91. The minimum absolute atomic E-state index is 0.375. The molecule has 2 aliphatic rings. The molecule has 0 radical (unpaired) electrons. The first-order chi connectivity index (χ1) is 9.25. The van der Waals surface area contributed by atoms with Gasteiger partial charge >= 0.3 is 5.97 Å². The lowest BCUT2D eigenvalue weighted by Gasteiger charge is -2.25. The number of ether oxygens (including phenoxy) is 2. The summed E-state index contributed by atoms with van der Waals surface area (Å²) in [7, 11) is 0. The van der Waals surface area contributed by atoms with Gasteiger partial charge in [0.1, 0.15) is 19.3 Å². The predicted octanol–water partition coefficient (Wildman–Crippen LogP) is 1.51. The quantitative estimate of drug-likeness (QED) is 0.895. The van der Waals surface area contributed by atoms with E-state index in [0.717, 1.165) is 36.4 Å². The van der Waals surface area contributed by atoms with Crippen LogP contribution in [-0.4, -0.2) is 41.8 Å². The SMILES string of the molecule is O=C(O)[C@H]1CCCN1Cc1cccc2c1OCCO2. The maximum atomic E-state index is 11.2. The van der Waals surface area contributed by atoms with Crippen molar-refractivity contribution in [1.29, 1.82) is 0 Å². The number of carbonyl (C=O) groups is 1. The maximum absolute atomic E-state index is 11.2. The second-order valence-electron chi connectivity index (χ2n) is 4.91. The summed E-state index contributed by atoms with van der Waals surface area (Å²) in [6, 6.07) is 5.41. The summed E-state index contributed by atoms with van der Waals surface area (Å²) in [5.74, 6) is 0.791. The Morgan fingerprint density at radius 3 is 3.05 bits per heavy atom. The third-order valence-electron chi connectivity index (χ3n) is 3.67. The Morgan fingerprint density at radius 1 is 1.37 bits per heavy atom. The molecule has 0 unspecified atom stereocenters. The topological polar surface area (TPSA) is 59.0 Å². The summed E-state index contributed by atoms with van der Waals surface area (Å²) >= 11 is 0. The normalized spacial score (nSPS) is 22.4. The first kappa shape index (κ1) is 12.3. The molecule has 19 heavy (non-hydrogen) atoms. The van der Waals surface area contributed by atoms with Gasteiger partial charge in [-0.2, -0.15) is 0 Å². The van der Waals surface area contributed by atoms with E-state index in [4.69, 9.17) is 9.47 Å². The van der Waals surface area contributed by atoms with Gasteiger partial charge in [0.25, 0.3) is 0 Å². The second kappa shape index (κ2) is 5.09. The molecule has 5 nitrogen and oxygen atoms in total. The molecule has 102 valence electrons. The Hall–Kier alpha value is -1.75. The molecular weight excluding hydrogens is 246 g/mol. The number of hydrogen-bond donors (Lipinski definition) is 1. The largest absolute Gasteiger partial charge is 0.486 e. The van der Waals surface area contributed by atoms with Crippen LogP contribution in [0.3, 0.4) is 0 Å². The molecule has 3 rings (SSSR count). The average molecular weight is 263 g/mol. The van der Waals surface area contributed by atoms with Gasteiger partial charge in [0, 0.05) is 12.1 Å². The van der Waals surface area contributed by atoms with Crippen LogP contribution >= 0.6 is 0 Å². The fourth-order valence-corrected chi connectivity index (χ4v) is 2.77. The van der Waals surface area contributed by atoms with Crippen molar-refractivity contribution in [2.45, 2.75) is 25.4 Å². The molecule has 0 bridgehead atoms. The zero-order valence-corrected chi connectivity index (χ0v) is 10.7. The van der Waals surface area contributed by atoms with Crippen LogP contribution in [0.1, 0.15) is 18.4 Å². The molecule has 1 aromatic carbocycles. The third-order valence-corrected chi connectivity index (χ3v) is 3.67. The fourth-order valence-electron chi connectivity index (χ4n) is 2.77. The standard InChI is InChI=1S/C14H17NO4/c16-14(17)11-4-2-6-15(11)9-10-3-1-5-12-13(10)19-8-7-18-12/h1,3,5,11H,2,4,6-9H2,(H,16,17)/t11-/m1/s1. The van der Waals surface area contributed by atoms with Gasteiger partial charge in [0.2, 0.25) is 0 Å². The van der Waals surface area contributed by atoms with Crippen LogP contribution in [0.5, 0.6) is 11.5 Å². The number of hydrogen-bond acceptors (Lipinski definition) is 4. The molecule has 1 N–H and O–H groups in total. The van der Waals surface area contributed by atoms with Gasteiger partial charge < -0.3 is 14.6 Å². The zero-order valence-electron chi connectivity index (χ0n) is 10.7. The van der Waals surface area contributed by atoms with Crippen molar-refractivity contribution in [3.05, 3.63) is 23.8 Å². The highest BCUT2D eigenvalue weighted by Gasteiger charge is 2.31. The van der Waals surface area contributed by atoms with Crippen molar-refractivity contribution in [2.24, 2.45) is 0 Å². The lowest BCUT2D eigenvalue weighted by atomic mass is 10.1. The van der Waals surface area contributed by atoms with Crippen molar-refractivity contribution >= 4 is 5.97 Å². The molecule has 2 heterocycles. The Bertz CT molecular complexity index is 488. The van der Waals surface area contributed by atoms with Gasteiger partial charge in [-0.15, -0.1) is 0 Å². The highest BCUT2D eigenvalue weighted by atomic mass is 16.6. The van der Waals surface area contributed by atoms with Gasteiger partial charge in [-0.05, 0) is 25.5 Å². The zero-order chi connectivity index (χ0) is 13.2. The van der Waals surface area contributed by atoms with E-state index in [-0.39, 0.29) is 6.04 Å². The minimum Gasteiger partial charge on any atom is -0.486 e. The lowest BCUT2D eigenvalue weighted by Crippen LogP contribution is -2.35. The predicted molar refractivity (Wildman–Crippen MR) is 68.5 cm³/mol. The van der Waals surface area contributed by atoms with E-state index >= 15 is 0 Å². The molecule has 0 aromatic heterocycles. The number of carboxylic acids is 1. The number of benzene rings is 1. The lowest BCUT2D eigenvalue weighted by molar-refractivity contribution is -0.142. The van der Waals surface area contributed by atoms with Gasteiger partial charge in [-0.1, -0.05) is 12.1 Å². The van der Waals surface area contributed by atoms with Crippen LogP contribution in [0.4, 0.5) is 0 Å². The molecule has 0 saturated carbocycles. The first-order valence-corrected chi connectivity index (χ1v) is 6.60. The van der Waals surface area contributed by atoms with E-state index in [1.807, 2.05) is 23.1 Å². The molecule has 0 aliphatic carbocycles. The van der Waals surface area contributed by atoms with E-state index in [1.54, 1.807) is 0 Å². The van der Waals surface area contributed by atoms with Crippen LogP contribution in [-0.2, 0) is 11.3 Å². The molecule has 0 spiro atoms. The van der Waals surface area contributed by atoms with E-state index < -0.39 is 5.97 Å². The molecule has 0 amide bonds. The Balaban J connectivity index is 1.81. The third kappa shape index (κ3) is 2.38. The van der Waals surface area contributed by atoms with Crippen LogP contribution < -0.4 is 9.47 Å². The van der Waals surface area contributed by atoms with E-state index in [2.05, 4.69) is 0 Å². The van der Waals surface area contributed by atoms with E-state index in [0.29, 0.717) is 19.8 Å². The number of fused-ring (bicyclic) bond motifs is 1.